The van der Waals surface area contributed by atoms with Crippen LogP contribution < -0.4 is 5.32 Å². The average molecular weight is 402 g/mol. The Hall–Kier alpha value is -2.25. The van der Waals surface area contributed by atoms with E-state index in [4.69, 9.17) is 0 Å². The Kier molecular flexibility index (Phi) is 5.21. The van der Waals surface area contributed by atoms with Crippen LogP contribution in [0.5, 0.6) is 0 Å². The molecule has 1 saturated heterocycles. The van der Waals surface area contributed by atoms with Gasteiger partial charge in [-0.3, -0.25) is 4.79 Å². The number of carbonyl (C=O) groups is 1. The number of nitrogens with zero attached hydrogens (tertiary/aromatic N) is 1. The Balaban J connectivity index is 1.36. The fraction of sp³-hybridized carbons (Fsp3) is 0.381. The highest BCUT2D eigenvalue weighted by Gasteiger charge is 2.33. The third kappa shape index (κ3) is 3.69. The van der Waals surface area contributed by atoms with E-state index in [1.54, 1.807) is 0 Å². The molecule has 1 fully saturated rings. The Morgan fingerprint density at radius 1 is 1.00 bits per heavy atom. The third-order valence-corrected chi connectivity index (χ3v) is 7.64. The number of sulfonamides is 1. The normalized spacial score (nSPS) is 20.7. The summed E-state index contributed by atoms with van der Waals surface area (Å²) in [5.74, 6) is -0.657. The molecule has 4 rings (SSSR count). The first-order valence-corrected chi connectivity index (χ1v) is 11.0. The molecular weight excluding hydrogens is 379 g/mol. The van der Waals surface area contributed by atoms with Gasteiger partial charge in [-0.25, -0.2) is 12.8 Å². The van der Waals surface area contributed by atoms with E-state index in [9.17, 15) is 17.6 Å². The number of hydrogen-bond donors (Lipinski definition) is 1. The van der Waals surface area contributed by atoms with Crippen molar-refractivity contribution in [3.05, 3.63) is 65.5 Å². The number of fused-ring (bicyclic) bond motifs is 1. The third-order valence-electron chi connectivity index (χ3n) is 5.73. The number of halogens is 1. The lowest BCUT2D eigenvalue weighted by Gasteiger charge is -2.31. The summed E-state index contributed by atoms with van der Waals surface area (Å²) in [5, 5.41) is 3.15. The smallest absolute Gasteiger partial charge is 0.243 e. The van der Waals surface area contributed by atoms with Gasteiger partial charge in [0, 0.05) is 19.0 Å². The highest BCUT2D eigenvalue weighted by Crippen LogP contribution is 2.32. The van der Waals surface area contributed by atoms with Crippen molar-refractivity contribution in [2.75, 3.05) is 13.1 Å². The van der Waals surface area contributed by atoms with Crippen molar-refractivity contribution in [3.63, 3.8) is 0 Å². The van der Waals surface area contributed by atoms with Crippen molar-refractivity contribution in [3.8, 4) is 0 Å². The summed E-state index contributed by atoms with van der Waals surface area (Å²) < 4.78 is 39.8. The van der Waals surface area contributed by atoms with Crippen LogP contribution >= 0.6 is 0 Å². The lowest BCUT2D eigenvalue weighted by atomic mass is 9.96. The number of carbonyl (C=O) groups excluding carboxylic acids is 1. The van der Waals surface area contributed by atoms with Crippen LogP contribution in [0.2, 0.25) is 0 Å². The van der Waals surface area contributed by atoms with Crippen LogP contribution in [0.1, 0.15) is 36.4 Å². The molecule has 2 aromatic carbocycles. The summed E-state index contributed by atoms with van der Waals surface area (Å²) in [6, 6.07) is 13.1. The van der Waals surface area contributed by atoms with Crippen LogP contribution in [0.25, 0.3) is 0 Å². The zero-order valence-corrected chi connectivity index (χ0v) is 16.3. The highest BCUT2D eigenvalue weighted by molar-refractivity contribution is 7.89. The molecule has 5 nitrogen and oxygen atoms in total. The Morgan fingerprint density at radius 3 is 2.39 bits per heavy atom. The summed E-state index contributed by atoms with van der Waals surface area (Å²) in [7, 11) is -3.66. The van der Waals surface area contributed by atoms with E-state index in [2.05, 4.69) is 17.4 Å². The molecule has 2 aromatic rings. The first-order chi connectivity index (χ1) is 13.4. The maximum absolute atomic E-state index is 13.1. The van der Waals surface area contributed by atoms with Crippen LogP contribution in [0.3, 0.4) is 0 Å². The van der Waals surface area contributed by atoms with E-state index in [1.165, 1.54) is 27.6 Å². The molecule has 148 valence electrons. The fourth-order valence-corrected chi connectivity index (χ4v) is 5.58. The van der Waals surface area contributed by atoms with Gasteiger partial charge in [-0.15, -0.1) is 0 Å². The number of benzene rings is 2. The molecule has 1 aliphatic heterocycles. The quantitative estimate of drug-likeness (QED) is 0.855. The zero-order valence-electron chi connectivity index (χ0n) is 15.5. The number of amides is 1. The Bertz CT molecular complexity index is 967. The van der Waals surface area contributed by atoms with E-state index < -0.39 is 15.8 Å². The van der Waals surface area contributed by atoms with Crippen LogP contribution in [0.4, 0.5) is 4.39 Å². The first-order valence-electron chi connectivity index (χ1n) is 9.59. The molecule has 1 atom stereocenters. The second-order valence-electron chi connectivity index (χ2n) is 7.43. The fourth-order valence-electron chi connectivity index (χ4n) is 4.11. The molecule has 0 spiro atoms. The number of hydrogen-bond acceptors (Lipinski definition) is 3. The molecule has 1 N–H and O–H groups in total. The van der Waals surface area contributed by atoms with E-state index >= 15 is 0 Å². The predicted molar refractivity (Wildman–Crippen MR) is 104 cm³/mol. The van der Waals surface area contributed by atoms with Gasteiger partial charge >= 0.3 is 0 Å². The maximum atomic E-state index is 13.1. The Labute approximate surface area is 164 Å². The minimum absolute atomic E-state index is 0.000494. The molecule has 0 radical (unpaired) electrons. The molecule has 0 aromatic heterocycles. The summed E-state index contributed by atoms with van der Waals surface area (Å²) in [6.45, 7) is 0.581. The van der Waals surface area contributed by atoms with Crippen LogP contribution in [-0.4, -0.2) is 31.7 Å². The monoisotopic (exact) mass is 402 g/mol. The van der Waals surface area contributed by atoms with Crippen molar-refractivity contribution in [2.24, 2.45) is 5.92 Å². The van der Waals surface area contributed by atoms with Crippen LogP contribution in [0.15, 0.2) is 53.4 Å². The molecule has 1 aliphatic carbocycles. The van der Waals surface area contributed by atoms with Gasteiger partial charge in [-0.2, -0.15) is 4.31 Å². The summed E-state index contributed by atoms with van der Waals surface area (Å²) in [5.41, 5.74) is 2.47. The van der Waals surface area contributed by atoms with Crippen LogP contribution in [-0.2, 0) is 21.2 Å². The van der Waals surface area contributed by atoms with Crippen LogP contribution in [0, 0.1) is 11.7 Å². The molecule has 7 heteroatoms. The van der Waals surface area contributed by atoms with Crippen molar-refractivity contribution < 1.29 is 17.6 Å². The molecule has 2 aliphatic rings. The predicted octanol–water partition coefficient (Wildman–Crippen LogP) is 3.03. The second kappa shape index (κ2) is 7.64. The second-order valence-corrected chi connectivity index (χ2v) is 9.37. The number of piperidine rings is 1. The van der Waals surface area contributed by atoms with Gasteiger partial charge in [0.15, 0.2) is 0 Å². The van der Waals surface area contributed by atoms with Crippen molar-refractivity contribution >= 4 is 15.9 Å². The molecule has 1 heterocycles. The topological polar surface area (TPSA) is 66.5 Å². The summed E-state index contributed by atoms with van der Waals surface area (Å²) in [6.07, 6.45) is 2.85. The van der Waals surface area contributed by atoms with Crippen molar-refractivity contribution in [1.29, 1.82) is 0 Å². The largest absolute Gasteiger partial charge is 0.349 e. The van der Waals surface area contributed by atoms with Gasteiger partial charge in [0.1, 0.15) is 5.82 Å². The molecule has 1 amide bonds. The SMILES string of the molecule is O=C(N[C@@H]1CCc2ccccc21)C1CCN(S(=O)(=O)c2ccc(F)cc2)CC1. The number of rotatable bonds is 4. The number of nitrogens with one attached hydrogen (secondary N) is 1. The van der Waals surface area contributed by atoms with E-state index in [0.717, 1.165) is 25.0 Å². The van der Waals surface area contributed by atoms with E-state index in [0.29, 0.717) is 25.9 Å². The molecule has 0 bridgehead atoms. The molecule has 0 unspecified atom stereocenters. The lowest BCUT2D eigenvalue weighted by molar-refractivity contribution is -0.126. The molecule has 0 saturated carbocycles. The van der Waals surface area contributed by atoms with Gasteiger partial charge in [0.2, 0.25) is 15.9 Å². The van der Waals surface area contributed by atoms with Gasteiger partial charge < -0.3 is 5.32 Å². The average Bonchev–Trinajstić information content (AvgIpc) is 3.11. The van der Waals surface area contributed by atoms with Gasteiger partial charge in [0.05, 0.1) is 10.9 Å². The van der Waals surface area contributed by atoms with Crippen molar-refractivity contribution in [2.45, 2.75) is 36.6 Å². The minimum Gasteiger partial charge on any atom is -0.349 e. The van der Waals surface area contributed by atoms with E-state index in [-0.39, 0.29) is 22.8 Å². The lowest BCUT2D eigenvalue weighted by Crippen LogP contribution is -2.43. The van der Waals surface area contributed by atoms with Gasteiger partial charge in [-0.05, 0) is 61.1 Å². The van der Waals surface area contributed by atoms with Gasteiger partial charge in [0.25, 0.3) is 0 Å². The summed E-state index contributed by atoms with van der Waals surface area (Å²) in [4.78, 5) is 12.8. The summed E-state index contributed by atoms with van der Waals surface area (Å²) >= 11 is 0. The Morgan fingerprint density at radius 2 is 1.68 bits per heavy atom. The standard InChI is InChI=1S/C21H23FN2O3S/c22-17-6-8-18(9-7-17)28(26,27)24-13-11-16(12-14-24)21(25)23-20-10-5-15-3-1-2-4-19(15)20/h1-4,6-9,16,20H,5,10-14H2,(H,23,25)/t20-/m1/s1. The molecular formula is C21H23FN2O3S. The molecule has 28 heavy (non-hydrogen) atoms. The number of aryl methyl sites for hydroxylation is 1. The maximum Gasteiger partial charge on any atom is 0.243 e. The van der Waals surface area contributed by atoms with Gasteiger partial charge in [-0.1, -0.05) is 24.3 Å². The first kappa shape index (κ1) is 19.1. The zero-order chi connectivity index (χ0) is 19.7. The highest BCUT2D eigenvalue weighted by atomic mass is 32.2. The minimum atomic E-state index is -3.66. The van der Waals surface area contributed by atoms with E-state index in [1.807, 2.05) is 12.1 Å². The van der Waals surface area contributed by atoms with Crippen molar-refractivity contribution in [1.82, 2.24) is 9.62 Å².